The fourth-order valence-electron chi connectivity index (χ4n) is 1.79. The molecule has 1 aromatic heterocycles. The van der Waals surface area contributed by atoms with Crippen LogP contribution in [0.15, 0.2) is 24.3 Å². The van der Waals surface area contributed by atoms with E-state index in [0.717, 1.165) is 17.8 Å². The molecule has 23 heavy (non-hydrogen) atoms. The highest BCUT2D eigenvalue weighted by Crippen LogP contribution is 2.14. The smallest absolute Gasteiger partial charge is 0.286 e. The van der Waals surface area contributed by atoms with E-state index >= 15 is 0 Å². The highest BCUT2D eigenvalue weighted by atomic mass is 32.1. The van der Waals surface area contributed by atoms with Crippen molar-refractivity contribution in [2.45, 2.75) is 39.7 Å². The molecule has 122 valence electrons. The maximum atomic E-state index is 12.1. The molecule has 0 saturated heterocycles. The summed E-state index contributed by atoms with van der Waals surface area (Å²) in [5.41, 5.74) is 1.18. The number of nitrogens with zero attached hydrogens (tertiary/aromatic N) is 2. The summed E-state index contributed by atoms with van der Waals surface area (Å²) >= 11 is 1.28. The van der Waals surface area contributed by atoms with E-state index in [1.807, 2.05) is 20.8 Å². The van der Waals surface area contributed by atoms with Crippen LogP contribution in [-0.4, -0.2) is 28.1 Å². The molecule has 0 aliphatic carbocycles. The van der Waals surface area contributed by atoms with Crippen LogP contribution in [0.2, 0.25) is 0 Å². The van der Waals surface area contributed by atoms with Crippen LogP contribution in [0.1, 0.15) is 52.4 Å². The molecule has 2 rings (SSSR count). The number of rotatable bonds is 6. The van der Waals surface area contributed by atoms with E-state index in [9.17, 15) is 9.59 Å². The van der Waals surface area contributed by atoms with Crippen LogP contribution >= 0.6 is 11.3 Å². The number of carbonyl (C=O) groups is 2. The number of hydrogen-bond acceptors (Lipinski definition) is 5. The molecule has 1 heterocycles. The molecule has 1 aromatic carbocycles. The van der Waals surface area contributed by atoms with Crippen molar-refractivity contribution in [1.82, 2.24) is 15.5 Å². The van der Waals surface area contributed by atoms with E-state index in [1.165, 1.54) is 11.3 Å². The van der Waals surface area contributed by atoms with Crippen molar-refractivity contribution in [2.75, 3.05) is 5.32 Å². The van der Waals surface area contributed by atoms with Crippen LogP contribution in [0.4, 0.5) is 5.69 Å². The molecule has 0 saturated carbocycles. The van der Waals surface area contributed by atoms with Crippen LogP contribution in [0.3, 0.4) is 0 Å². The summed E-state index contributed by atoms with van der Waals surface area (Å²) < 4.78 is 0. The number of benzene rings is 1. The van der Waals surface area contributed by atoms with Gasteiger partial charge in [-0.15, -0.1) is 10.2 Å². The van der Waals surface area contributed by atoms with Gasteiger partial charge in [-0.1, -0.05) is 25.2 Å². The normalized spacial score (nSPS) is 11.8. The van der Waals surface area contributed by atoms with E-state index in [-0.39, 0.29) is 17.9 Å². The lowest BCUT2D eigenvalue weighted by Crippen LogP contribution is -2.31. The number of hydrogen-bond donors (Lipinski definition) is 2. The summed E-state index contributed by atoms with van der Waals surface area (Å²) in [5.74, 6) is -0.409. The molecule has 6 nitrogen and oxygen atoms in total. The van der Waals surface area contributed by atoms with Crippen LogP contribution in [0, 0.1) is 0 Å². The van der Waals surface area contributed by atoms with E-state index < -0.39 is 0 Å². The van der Waals surface area contributed by atoms with Gasteiger partial charge in [0, 0.05) is 17.3 Å². The van der Waals surface area contributed by atoms with Crippen molar-refractivity contribution in [1.29, 1.82) is 0 Å². The van der Waals surface area contributed by atoms with Crippen molar-refractivity contribution < 1.29 is 9.59 Å². The third-order valence-electron chi connectivity index (χ3n) is 3.36. The number of aryl methyl sites for hydroxylation is 1. The Labute approximate surface area is 139 Å². The Morgan fingerprint density at radius 1 is 1.13 bits per heavy atom. The first-order valence-electron chi connectivity index (χ1n) is 7.58. The first-order valence-corrected chi connectivity index (χ1v) is 8.39. The third-order valence-corrected chi connectivity index (χ3v) is 4.42. The molecule has 0 bridgehead atoms. The van der Waals surface area contributed by atoms with E-state index in [1.54, 1.807) is 24.3 Å². The highest BCUT2D eigenvalue weighted by molar-refractivity contribution is 7.13. The summed E-state index contributed by atoms with van der Waals surface area (Å²) in [6, 6.07) is 6.90. The molecular formula is C16H20N4O2S. The SMILES string of the molecule is CCc1nnc(C(=O)Nc2ccc(C(=O)N[C@H](C)CC)cc2)s1. The van der Waals surface area contributed by atoms with Crippen LogP contribution in [-0.2, 0) is 6.42 Å². The molecular weight excluding hydrogens is 312 g/mol. The number of amides is 2. The quantitative estimate of drug-likeness (QED) is 0.852. The summed E-state index contributed by atoms with van der Waals surface area (Å²) in [4.78, 5) is 24.1. The van der Waals surface area contributed by atoms with Crippen molar-refractivity contribution >= 4 is 28.8 Å². The Morgan fingerprint density at radius 2 is 1.83 bits per heavy atom. The predicted molar refractivity (Wildman–Crippen MR) is 90.9 cm³/mol. The predicted octanol–water partition coefficient (Wildman–Crippen LogP) is 2.88. The summed E-state index contributed by atoms with van der Waals surface area (Å²) in [6.07, 6.45) is 1.63. The second-order valence-corrected chi connectivity index (χ2v) is 6.23. The average molecular weight is 332 g/mol. The Balaban J connectivity index is 1.99. The lowest BCUT2D eigenvalue weighted by molar-refractivity contribution is 0.0938. The molecule has 0 aliphatic rings. The maximum Gasteiger partial charge on any atom is 0.286 e. The minimum absolute atomic E-state index is 0.117. The molecule has 0 radical (unpaired) electrons. The van der Waals surface area contributed by atoms with E-state index in [2.05, 4.69) is 20.8 Å². The number of carbonyl (C=O) groups excluding carboxylic acids is 2. The second-order valence-electron chi connectivity index (χ2n) is 5.17. The van der Waals surface area contributed by atoms with Gasteiger partial charge in [-0.25, -0.2) is 0 Å². The Bertz CT molecular complexity index is 682. The van der Waals surface area contributed by atoms with Gasteiger partial charge in [-0.05, 0) is 44.0 Å². The van der Waals surface area contributed by atoms with Gasteiger partial charge < -0.3 is 10.6 Å². The van der Waals surface area contributed by atoms with Crippen molar-refractivity contribution in [3.05, 3.63) is 39.8 Å². The van der Waals surface area contributed by atoms with E-state index in [4.69, 9.17) is 0 Å². The maximum absolute atomic E-state index is 12.1. The Kier molecular flexibility index (Phi) is 5.81. The van der Waals surface area contributed by atoms with Gasteiger partial charge in [0.25, 0.3) is 11.8 Å². The number of aromatic nitrogens is 2. The van der Waals surface area contributed by atoms with Crippen LogP contribution in [0.25, 0.3) is 0 Å². The first-order chi connectivity index (χ1) is 11.0. The zero-order valence-electron chi connectivity index (χ0n) is 13.4. The molecule has 2 aromatic rings. The van der Waals surface area contributed by atoms with Crippen molar-refractivity contribution in [2.24, 2.45) is 0 Å². The molecule has 2 amide bonds. The summed E-state index contributed by atoms with van der Waals surface area (Å²) in [7, 11) is 0. The first kappa shape index (κ1) is 17.1. The molecule has 0 unspecified atom stereocenters. The molecule has 0 spiro atoms. The van der Waals surface area contributed by atoms with Gasteiger partial charge in [0.15, 0.2) is 0 Å². The zero-order chi connectivity index (χ0) is 16.8. The fourth-order valence-corrected chi connectivity index (χ4v) is 2.46. The lowest BCUT2D eigenvalue weighted by Gasteiger charge is -2.11. The van der Waals surface area contributed by atoms with Gasteiger partial charge >= 0.3 is 0 Å². The van der Waals surface area contributed by atoms with Crippen LogP contribution < -0.4 is 10.6 Å². The second kappa shape index (κ2) is 7.82. The minimum atomic E-state index is -0.293. The van der Waals surface area contributed by atoms with Gasteiger partial charge in [-0.2, -0.15) is 0 Å². The molecule has 2 N–H and O–H groups in total. The highest BCUT2D eigenvalue weighted by Gasteiger charge is 2.13. The van der Waals surface area contributed by atoms with Crippen molar-refractivity contribution in [3.63, 3.8) is 0 Å². The minimum Gasteiger partial charge on any atom is -0.350 e. The van der Waals surface area contributed by atoms with E-state index in [0.29, 0.717) is 16.3 Å². The number of anilines is 1. The standard InChI is InChI=1S/C16H20N4O2S/c1-4-10(3)17-14(21)11-6-8-12(9-7-11)18-15(22)16-20-19-13(5-2)23-16/h6-10H,4-5H2,1-3H3,(H,17,21)(H,18,22)/t10-/m1/s1. The van der Waals surface area contributed by atoms with Gasteiger partial charge in [0.2, 0.25) is 5.01 Å². The number of nitrogens with one attached hydrogen (secondary N) is 2. The fraction of sp³-hybridized carbons (Fsp3) is 0.375. The molecule has 1 atom stereocenters. The van der Waals surface area contributed by atoms with Crippen molar-refractivity contribution in [3.8, 4) is 0 Å². The van der Waals surface area contributed by atoms with Gasteiger partial charge in [0.05, 0.1) is 0 Å². The largest absolute Gasteiger partial charge is 0.350 e. The van der Waals surface area contributed by atoms with Crippen LogP contribution in [0.5, 0.6) is 0 Å². The summed E-state index contributed by atoms with van der Waals surface area (Å²) in [5, 5.41) is 14.6. The molecule has 0 aliphatic heterocycles. The zero-order valence-corrected chi connectivity index (χ0v) is 14.2. The average Bonchev–Trinajstić information content (AvgIpc) is 3.04. The third kappa shape index (κ3) is 4.59. The van der Waals surface area contributed by atoms with Gasteiger partial charge in [-0.3, -0.25) is 9.59 Å². The Morgan fingerprint density at radius 3 is 2.39 bits per heavy atom. The van der Waals surface area contributed by atoms with Gasteiger partial charge in [0.1, 0.15) is 5.01 Å². The lowest BCUT2D eigenvalue weighted by atomic mass is 10.1. The topological polar surface area (TPSA) is 84.0 Å². The molecule has 0 fully saturated rings. The summed E-state index contributed by atoms with van der Waals surface area (Å²) in [6.45, 7) is 5.94. The monoisotopic (exact) mass is 332 g/mol. The molecule has 7 heteroatoms. The Hall–Kier alpha value is -2.28.